The van der Waals surface area contributed by atoms with Gasteiger partial charge in [0.25, 0.3) is 0 Å². The van der Waals surface area contributed by atoms with Gasteiger partial charge in [0.2, 0.25) is 0 Å². The van der Waals surface area contributed by atoms with Crippen molar-refractivity contribution in [1.29, 1.82) is 0 Å². The Morgan fingerprint density at radius 1 is 1.28 bits per heavy atom. The average molecular weight is 354 g/mol. The van der Waals surface area contributed by atoms with Crippen molar-refractivity contribution in [3.63, 3.8) is 0 Å². The number of aromatic nitrogens is 2. The Hall–Kier alpha value is -1.05. The summed E-state index contributed by atoms with van der Waals surface area (Å²) >= 11 is 2.29. The smallest absolute Gasteiger partial charge is 0.125 e. The number of hydrogen-bond acceptors (Lipinski definition) is 4. The molecule has 0 aliphatic carbocycles. The van der Waals surface area contributed by atoms with E-state index in [1.807, 2.05) is 13.0 Å². The lowest BCUT2D eigenvalue weighted by Crippen LogP contribution is -2.30. The van der Waals surface area contributed by atoms with E-state index in [-0.39, 0.29) is 6.04 Å². The van der Waals surface area contributed by atoms with E-state index in [4.69, 9.17) is 5.84 Å². The molecule has 0 aliphatic heterocycles. The van der Waals surface area contributed by atoms with Crippen LogP contribution in [0.5, 0.6) is 0 Å². The van der Waals surface area contributed by atoms with Crippen LogP contribution >= 0.6 is 22.6 Å². The summed E-state index contributed by atoms with van der Waals surface area (Å²) in [6.45, 7) is 1.88. The summed E-state index contributed by atoms with van der Waals surface area (Å²) in [6, 6.07) is 10.3. The van der Waals surface area contributed by atoms with E-state index in [9.17, 15) is 0 Å². The Balaban J connectivity index is 2.17. The Morgan fingerprint density at radius 3 is 2.61 bits per heavy atom. The molecule has 1 aromatic heterocycles. The molecule has 0 bridgehead atoms. The maximum Gasteiger partial charge on any atom is 0.125 e. The SMILES string of the molecule is Cc1nccc(C(Cc2ccc(I)cc2)NN)n1. The first kappa shape index (κ1) is 13.4. The van der Waals surface area contributed by atoms with E-state index < -0.39 is 0 Å². The Labute approximate surface area is 120 Å². The largest absolute Gasteiger partial charge is 0.271 e. The van der Waals surface area contributed by atoms with Crippen molar-refractivity contribution >= 4 is 22.6 Å². The molecule has 1 aromatic carbocycles. The summed E-state index contributed by atoms with van der Waals surface area (Å²) in [7, 11) is 0. The van der Waals surface area contributed by atoms with Crippen LogP contribution in [0.3, 0.4) is 0 Å². The molecule has 1 atom stereocenters. The number of nitrogens with two attached hydrogens (primary N) is 1. The first-order valence-electron chi connectivity index (χ1n) is 5.69. The molecule has 18 heavy (non-hydrogen) atoms. The first-order valence-corrected chi connectivity index (χ1v) is 6.77. The van der Waals surface area contributed by atoms with Gasteiger partial charge in [0.15, 0.2) is 0 Å². The van der Waals surface area contributed by atoms with Crippen molar-refractivity contribution in [2.24, 2.45) is 5.84 Å². The summed E-state index contributed by atoms with van der Waals surface area (Å²) in [4.78, 5) is 8.50. The quantitative estimate of drug-likeness (QED) is 0.502. The minimum Gasteiger partial charge on any atom is -0.271 e. The molecule has 2 aromatic rings. The first-order chi connectivity index (χ1) is 8.69. The zero-order valence-corrected chi connectivity index (χ0v) is 12.3. The van der Waals surface area contributed by atoms with Crippen molar-refractivity contribution in [3.8, 4) is 0 Å². The molecule has 5 heteroatoms. The molecule has 94 valence electrons. The minimum absolute atomic E-state index is 0.00626. The van der Waals surface area contributed by atoms with Crippen LogP contribution in [0.2, 0.25) is 0 Å². The van der Waals surface area contributed by atoms with E-state index >= 15 is 0 Å². The maximum absolute atomic E-state index is 5.62. The van der Waals surface area contributed by atoms with Crippen LogP contribution in [0.4, 0.5) is 0 Å². The van der Waals surface area contributed by atoms with Gasteiger partial charge in [0.05, 0.1) is 11.7 Å². The lowest BCUT2D eigenvalue weighted by molar-refractivity contribution is 0.535. The van der Waals surface area contributed by atoms with Gasteiger partial charge in [0, 0.05) is 9.77 Å². The van der Waals surface area contributed by atoms with Gasteiger partial charge in [-0.1, -0.05) is 12.1 Å². The normalized spacial score (nSPS) is 12.4. The Kier molecular flexibility index (Phi) is 4.62. The predicted octanol–water partition coefficient (Wildman–Crippen LogP) is 2.14. The number of nitrogens with zero attached hydrogens (tertiary/aromatic N) is 2. The molecule has 0 radical (unpaired) electrons. The fourth-order valence-corrected chi connectivity index (χ4v) is 2.13. The zero-order valence-electron chi connectivity index (χ0n) is 10.1. The maximum atomic E-state index is 5.62. The van der Waals surface area contributed by atoms with Crippen molar-refractivity contribution in [2.45, 2.75) is 19.4 Å². The standard InChI is InChI=1S/C13H15IN4/c1-9-16-7-6-12(17-9)13(18-15)8-10-2-4-11(14)5-3-10/h2-7,13,18H,8,15H2,1H3. The van der Waals surface area contributed by atoms with Crippen LogP contribution in [0.15, 0.2) is 36.5 Å². The van der Waals surface area contributed by atoms with E-state index in [2.05, 4.69) is 62.3 Å². The van der Waals surface area contributed by atoms with Gasteiger partial charge in [-0.3, -0.25) is 11.3 Å². The molecule has 1 unspecified atom stereocenters. The number of benzene rings is 1. The average Bonchev–Trinajstić information content (AvgIpc) is 2.38. The van der Waals surface area contributed by atoms with Gasteiger partial charge >= 0.3 is 0 Å². The third kappa shape index (κ3) is 3.47. The van der Waals surface area contributed by atoms with Crippen LogP contribution in [0, 0.1) is 10.5 Å². The highest BCUT2D eigenvalue weighted by Gasteiger charge is 2.12. The predicted molar refractivity (Wildman–Crippen MR) is 79.7 cm³/mol. The van der Waals surface area contributed by atoms with Crippen molar-refractivity contribution in [1.82, 2.24) is 15.4 Å². The summed E-state index contributed by atoms with van der Waals surface area (Å²) in [5, 5.41) is 0. The molecular formula is C13H15IN4. The number of hydrazine groups is 1. The molecule has 0 spiro atoms. The molecule has 0 saturated heterocycles. The molecule has 0 fully saturated rings. The third-order valence-electron chi connectivity index (χ3n) is 2.71. The van der Waals surface area contributed by atoms with E-state index in [0.717, 1.165) is 17.9 Å². The second kappa shape index (κ2) is 6.21. The van der Waals surface area contributed by atoms with Gasteiger partial charge in [0.1, 0.15) is 5.82 Å². The highest BCUT2D eigenvalue weighted by molar-refractivity contribution is 14.1. The molecule has 3 N–H and O–H groups in total. The molecule has 0 saturated carbocycles. The Morgan fingerprint density at radius 2 is 2.00 bits per heavy atom. The van der Waals surface area contributed by atoms with Gasteiger partial charge in [-0.25, -0.2) is 9.97 Å². The fraction of sp³-hybridized carbons (Fsp3) is 0.231. The van der Waals surface area contributed by atoms with Crippen LogP contribution in [0.1, 0.15) is 23.1 Å². The third-order valence-corrected chi connectivity index (χ3v) is 3.43. The van der Waals surface area contributed by atoms with Crippen LogP contribution in [0.25, 0.3) is 0 Å². The number of nitrogens with one attached hydrogen (secondary N) is 1. The summed E-state index contributed by atoms with van der Waals surface area (Å²) in [6.07, 6.45) is 2.57. The monoisotopic (exact) mass is 354 g/mol. The zero-order chi connectivity index (χ0) is 13.0. The van der Waals surface area contributed by atoms with Crippen molar-refractivity contribution in [2.75, 3.05) is 0 Å². The minimum atomic E-state index is 0.00626. The van der Waals surface area contributed by atoms with Gasteiger partial charge < -0.3 is 0 Å². The number of aryl methyl sites for hydroxylation is 1. The fourth-order valence-electron chi connectivity index (χ4n) is 1.77. The highest BCUT2D eigenvalue weighted by Crippen LogP contribution is 2.16. The molecule has 0 amide bonds. The van der Waals surface area contributed by atoms with Crippen LogP contribution < -0.4 is 11.3 Å². The Bertz CT molecular complexity index is 513. The highest BCUT2D eigenvalue weighted by atomic mass is 127. The molecular weight excluding hydrogens is 339 g/mol. The molecule has 2 rings (SSSR count). The van der Waals surface area contributed by atoms with Crippen molar-refractivity contribution in [3.05, 3.63) is 57.2 Å². The summed E-state index contributed by atoms with van der Waals surface area (Å²) in [5.74, 6) is 6.38. The lowest BCUT2D eigenvalue weighted by atomic mass is 10.0. The second-order valence-electron chi connectivity index (χ2n) is 4.08. The lowest BCUT2D eigenvalue weighted by Gasteiger charge is -2.15. The second-order valence-corrected chi connectivity index (χ2v) is 5.32. The van der Waals surface area contributed by atoms with E-state index in [1.165, 1.54) is 9.13 Å². The number of hydrogen-bond donors (Lipinski definition) is 2. The molecule has 0 aliphatic rings. The van der Waals surface area contributed by atoms with Crippen LogP contribution in [-0.4, -0.2) is 9.97 Å². The number of rotatable bonds is 4. The topological polar surface area (TPSA) is 63.8 Å². The van der Waals surface area contributed by atoms with E-state index in [0.29, 0.717) is 0 Å². The summed E-state index contributed by atoms with van der Waals surface area (Å²) in [5.41, 5.74) is 4.97. The molecule has 1 heterocycles. The molecule has 4 nitrogen and oxygen atoms in total. The van der Waals surface area contributed by atoms with Crippen LogP contribution in [-0.2, 0) is 6.42 Å². The van der Waals surface area contributed by atoms with E-state index in [1.54, 1.807) is 6.20 Å². The summed E-state index contributed by atoms with van der Waals surface area (Å²) < 4.78 is 1.23. The van der Waals surface area contributed by atoms with Gasteiger partial charge in [-0.05, 0) is 59.7 Å². The van der Waals surface area contributed by atoms with Gasteiger partial charge in [-0.15, -0.1) is 0 Å². The van der Waals surface area contributed by atoms with Crippen molar-refractivity contribution < 1.29 is 0 Å². The van der Waals surface area contributed by atoms with Gasteiger partial charge in [-0.2, -0.15) is 0 Å². The number of halogens is 1.